The molecule has 9 aromatic carbocycles. The van der Waals surface area contributed by atoms with Crippen LogP contribution < -0.4 is 4.90 Å². The SMILES string of the molecule is c1ccc(-c2cc(N(c3ccccc3)c3ccc4c(c3)C3(c5ccccc5-c5ccccc53)c3ccccc3-4)cc3c4ccccc4n(-c4ccccc4)c23)cc1. The Bertz CT molecular complexity index is 3110. The Balaban J connectivity index is 1.17. The van der Waals surface area contributed by atoms with Gasteiger partial charge in [-0.15, -0.1) is 0 Å². The zero-order chi connectivity index (χ0) is 37.5. The third-order valence-corrected chi connectivity index (χ3v) is 12.4. The predicted octanol–water partition coefficient (Wildman–Crippen LogP) is 14.3. The summed E-state index contributed by atoms with van der Waals surface area (Å²) in [6.45, 7) is 0. The van der Waals surface area contributed by atoms with Crippen molar-refractivity contribution in [3.63, 3.8) is 0 Å². The first kappa shape index (κ1) is 31.9. The van der Waals surface area contributed by atoms with Gasteiger partial charge in [-0.1, -0.05) is 164 Å². The minimum absolute atomic E-state index is 0.431. The van der Waals surface area contributed by atoms with E-state index in [9.17, 15) is 0 Å². The summed E-state index contributed by atoms with van der Waals surface area (Å²) in [5, 5.41) is 2.45. The summed E-state index contributed by atoms with van der Waals surface area (Å²) in [4.78, 5) is 2.46. The van der Waals surface area contributed by atoms with Crippen LogP contribution >= 0.6 is 0 Å². The van der Waals surface area contributed by atoms with Gasteiger partial charge >= 0.3 is 0 Å². The van der Waals surface area contributed by atoms with Gasteiger partial charge in [0.25, 0.3) is 0 Å². The molecular weight excluding hydrogens is 689 g/mol. The standard InChI is InChI=1S/C55H36N2/c1-4-18-37(19-5-1)47-34-41(35-48-46-27-13-17-31-53(46)57(54(47)48)39-22-8-3-9-23-39)56(38-20-6-2-7-21-38)40-32-33-45-44-26-12-16-30-51(44)55(52(45)36-40)49-28-14-10-24-42(49)43-25-11-15-29-50(43)55/h1-36H. The van der Waals surface area contributed by atoms with Gasteiger partial charge in [0.2, 0.25) is 0 Å². The number of para-hydroxylation sites is 3. The van der Waals surface area contributed by atoms with E-state index in [-0.39, 0.29) is 0 Å². The normalized spacial score (nSPS) is 13.1. The van der Waals surface area contributed by atoms with Gasteiger partial charge in [0.05, 0.1) is 16.4 Å². The van der Waals surface area contributed by atoms with Crippen molar-refractivity contribution < 1.29 is 0 Å². The third-order valence-electron chi connectivity index (χ3n) is 12.4. The topological polar surface area (TPSA) is 8.17 Å². The van der Waals surface area contributed by atoms with E-state index in [4.69, 9.17) is 0 Å². The maximum Gasteiger partial charge on any atom is 0.0726 e. The number of anilines is 3. The van der Waals surface area contributed by atoms with Crippen molar-refractivity contribution in [2.75, 3.05) is 4.90 Å². The quantitative estimate of drug-likeness (QED) is 0.172. The number of hydrogen-bond acceptors (Lipinski definition) is 1. The van der Waals surface area contributed by atoms with Crippen LogP contribution in [0.15, 0.2) is 218 Å². The lowest BCUT2D eigenvalue weighted by molar-refractivity contribution is 0.793. The molecule has 266 valence electrons. The van der Waals surface area contributed by atoms with Gasteiger partial charge in [-0.25, -0.2) is 0 Å². The lowest BCUT2D eigenvalue weighted by Crippen LogP contribution is -2.26. The van der Waals surface area contributed by atoms with E-state index >= 15 is 0 Å². The molecule has 1 spiro atoms. The summed E-state index contributed by atoms with van der Waals surface area (Å²) >= 11 is 0. The zero-order valence-corrected chi connectivity index (χ0v) is 31.2. The third kappa shape index (κ3) is 4.47. The molecule has 57 heavy (non-hydrogen) atoms. The average molecular weight is 725 g/mol. The monoisotopic (exact) mass is 724 g/mol. The van der Waals surface area contributed by atoms with Crippen molar-refractivity contribution >= 4 is 38.9 Å². The zero-order valence-electron chi connectivity index (χ0n) is 31.2. The molecule has 0 bridgehead atoms. The lowest BCUT2D eigenvalue weighted by atomic mass is 9.70. The number of nitrogens with zero attached hydrogens (tertiary/aromatic N) is 2. The van der Waals surface area contributed by atoms with Crippen molar-refractivity contribution in [1.29, 1.82) is 0 Å². The fraction of sp³-hybridized carbons (Fsp3) is 0.0182. The van der Waals surface area contributed by atoms with Crippen LogP contribution in [0.5, 0.6) is 0 Å². The molecule has 0 saturated carbocycles. The van der Waals surface area contributed by atoms with Crippen LogP contribution in [0.2, 0.25) is 0 Å². The summed E-state index contributed by atoms with van der Waals surface area (Å²) in [6, 6.07) is 80.5. The molecule has 0 amide bonds. The second kappa shape index (κ2) is 12.3. The Morgan fingerprint density at radius 2 is 0.860 bits per heavy atom. The fourth-order valence-corrected chi connectivity index (χ4v) is 10.1. The fourth-order valence-electron chi connectivity index (χ4n) is 10.1. The first-order chi connectivity index (χ1) is 28.3. The molecule has 1 aromatic heterocycles. The van der Waals surface area contributed by atoms with Crippen LogP contribution in [0.1, 0.15) is 22.3 Å². The second-order valence-electron chi connectivity index (χ2n) is 15.2. The molecule has 0 saturated heterocycles. The van der Waals surface area contributed by atoms with Crippen molar-refractivity contribution in [3.05, 3.63) is 241 Å². The Hall–Kier alpha value is -7.42. The van der Waals surface area contributed by atoms with E-state index in [1.165, 1.54) is 77.4 Å². The summed E-state index contributed by atoms with van der Waals surface area (Å²) < 4.78 is 2.44. The van der Waals surface area contributed by atoms with E-state index in [0.717, 1.165) is 22.7 Å². The molecule has 1 heterocycles. The number of aromatic nitrogens is 1. The first-order valence-corrected chi connectivity index (χ1v) is 19.8. The Morgan fingerprint density at radius 1 is 0.333 bits per heavy atom. The molecule has 2 nitrogen and oxygen atoms in total. The van der Waals surface area contributed by atoms with E-state index in [1.54, 1.807) is 0 Å². The highest BCUT2D eigenvalue weighted by molar-refractivity contribution is 6.15. The van der Waals surface area contributed by atoms with Crippen LogP contribution in [0.4, 0.5) is 17.1 Å². The molecule has 0 radical (unpaired) electrons. The van der Waals surface area contributed by atoms with E-state index < -0.39 is 5.41 Å². The van der Waals surface area contributed by atoms with E-state index in [0.29, 0.717) is 0 Å². The minimum atomic E-state index is -0.431. The number of fused-ring (bicyclic) bond motifs is 13. The highest BCUT2D eigenvalue weighted by Gasteiger charge is 2.51. The number of benzene rings is 9. The molecule has 2 heteroatoms. The molecule has 10 aromatic rings. The van der Waals surface area contributed by atoms with Crippen LogP contribution in [0.25, 0.3) is 60.9 Å². The molecule has 2 aliphatic carbocycles. The van der Waals surface area contributed by atoms with E-state index in [1.807, 2.05) is 0 Å². The lowest BCUT2D eigenvalue weighted by Gasteiger charge is -2.32. The van der Waals surface area contributed by atoms with Crippen molar-refractivity contribution in [3.8, 4) is 39.1 Å². The summed E-state index contributed by atoms with van der Waals surface area (Å²) in [7, 11) is 0. The molecule has 0 unspecified atom stereocenters. The highest BCUT2D eigenvalue weighted by Crippen LogP contribution is 2.63. The van der Waals surface area contributed by atoms with Gasteiger partial charge < -0.3 is 9.47 Å². The van der Waals surface area contributed by atoms with Gasteiger partial charge in [-0.3, -0.25) is 0 Å². The molecular formula is C55H36N2. The Labute approximate surface area is 332 Å². The van der Waals surface area contributed by atoms with Gasteiger partial charge in [0.1, 0.15) is 0 Å². The van der Waals surface area contributed by atoms with Gasteiger partial charge in [-0.05, 0) is 105 Å². The van der Waals surface area contributed by atoms with Crippen LogP contribution in [-0.4, -0.2) is 4.57 Å². The number of rotatable bonds is 5. The molecule has 2 aliphatic rings. The molecule has 12 rings (SSSR count). The molecule has 0 atom stereocenters. The highest BCUT2D eigenvalue weighted by atomic mass is 15.1. The average Bonchev–Trinajstić information content (AvgIpc) is 3.89. The van der Waals surface area contributed by atoms with Crippen molar-refractivity contribution in [2.24, 2.45) is 0 Å². The Morgan fingerprint density at radius 3 is 1.51 bits per heavy atom. The summed E-state index contributed by atoms with van der Waals surface area (Å²) in [5.41, 5.74) is 19.4. The van der Waals surface area contributed by atoms with Crippen LogP contribution in [0.3, 0.4) is 0 Å². The molecule has 0 N–H and O–H groups in total. The molecule has 0 fully saturated rings. The first-order valence-electron chi connectivity index (χ1n) is 19.8. The summed E-state index contributed by atoms with van der Waals surface area (Å²) in [5.74, 6) is 0. The maximum absolute atomic E-state index is 2.49. The largest absolute Gasteiger partial charge is 0.310 e. The number of hydrogen-bond donors (Lipinski definition) is 0. The molecule has 0 aliphatic heterocycles. The van der Waals surface area contributed by atoms with Gasteiger partial charge in [0, 0.05) is 39.1 Å². The minimum Gasteiger partial charge on any atom is -0.310 e. The van der Waals surface area contributed by atoms with E-state index in [2.05, 4.69) is 228 Å². The maximum atomic E-state index is 2.49. The summed E-state index contributed by atoms with van der Waals surface area (Å²) in [6.07, 6.45) is 0. The second-order valence-corrected chi connectivity index (χ2v) is 15.2. The predicted molar refractivity (Wildman–Crippen MR) is 237 cm³/mol. The Kier molecular flexibility index (Phi) is 6.88. The van der Waals surface area contributed by atoms with Crippen LogP contribution in [-0.2, 0) is 5.41 Å². The van der Waals surface area contributed by atoms with Gasteiger partial charge in [0.15, 0.2) is 0 Å². The van der Waals surface area contributed by atoms with Crippen molar-refractivity contribution in [1.82, 2.24) is 4.57 Å². The van der Waals surface area contributed by atoms with Gasteiger partial charge in [-0.2, -0.15) is 0 Å². The van der Waals surface area contributed by atoms with Crippen LogP contribution in [0, 0.1) is 0 Å². The smallest absolute Gasteiger partial charge is 0.0726 e. The van der Waals surface area contributed by atoms with Crippen molar-refractivity contribution in [2.45, 2.75) is 5.41 Å².